The van der Waals surface area contributed by atoms with Gasteiger partial charge in [-0.25, -0.2) is 0 Å². The molecule has 0 fully saturated rings. The average molecular weight is 421 g/mol. The van der Waals surface area contributed by atoms with Gasteiger partial charge in [0.1, 0.15) is 0 Å². The molecule has 2 aliphatic heterocycles. The van der Waals surface area contributed by atoms with E-state index in [1.165, 1.54) is 17.7 Å². The van der Waals surface area contributed by atoms with E-state index in [2.05, 4.69) is 46.2 Å². The highest BCUT2D eigenvalue weighted by molar-refractivity contribution is 7.99. The van der Waals surface area contributed by atoms with Crippen LogP contribution in [0.1, 0.15) is 11.6 Å². The summed E-state index contributed by atoms with van der Waals surface area (Å²) in [6.07, 6.45) is -0.583. The highest BCUT2D eigenvalue weighted by atomic mass is 32.2. The molecule has 0 bridgehead atoms. The van der Waals surface area contributed by atoms with Gasteiger partial charge in [0.25, 0.3) is 0 Å². The maximum absolute atomic E-state index is 11.3. The lowest BCUT2D eigenvalue weighted by Crippen LogP contribution is -2.47. The van der Waals surface area contributed by atoms with E-state index in [0.717, 1.165) is 29.2 Å². The third-order valence-corrected chi connectivity index (χ3v) is 6.90. The SMILES string of the molecule is COc1ccc(N2CC(O)C(N3CCSc4ccccc43)c3ccccc32)cc1O. The molecule has 2 heterocycles. The van der Waals surface area contributed by atoms with E-state index < -0.39 is 6.10 Å². The minimum Gasteiger partial charge on any atom is -0.504 e. The zero-order chi connectivity index (χ0) is 20.7. The molecule has 5 rings (SSSR count). The zero-order valence-corrected chi connectivity index (χ0v) is 17.5. The van der Waals surface area contributed by atoms with Crippen LogP contribution < -0.4 is 14.5 Å². The fourth-order valence-corrected chi connectivity index (χ4v) is 5.54. The Balaban J connectivity index is 1.58. The van der Waals surface area contributed by atoms with Crippen molar-refractivity contribution in [1.29, 1.82) is 0 Å². The number of rotatable bonds is 3. The molecular formula is C24H24N2O3S. The largest absolute Gasteiger partial charge is 0.504 e. The Morgan fingerprint density at radius 2 is 1.77 bits per heavy atom. The van der Waals surface area contributed by atoms with Crippen LogP contribution in [0.15, 0.2) is 71.6 Å². The Morgan fingerprint density at radius 1 is 1.00 bits per heavy atom. The van der Waals surface area contributed by atoms with Gasteiger partial charge in [-0.15, -0.1) is 11.8 Å². The first-order chi connectivity index (χ1) is 14.7. The molecule has 0 aromatic heterocycles. The van der Waals surface area contributed by atoms with Gasteiger partial charge in [-0.2, -0.15) is 0 Å². The molecule has 6 heteroatoms. The number of anilines is 3. The highest BCUT2D eigenvalue weighted by Crippen LogP contribution is 2.46. The first-order valence-corrected chi connectivity index (χ1v) is 11.1. The fourth-order valence-electron chi connectivity index (χ4n) is 4.52. The third-order valence-electron chi connectivity index (χ3n) is 5.85. The number of aliphatic hydroxyl groups excluding tert-OH is 1. The lowest BCUT2D eigenvalue weighted by Gasteiger charge is -2.46. The number of thioether (sulfide) groups is 1. The molecule has 2 N–H and O–H groups in total. The molecule has 30 heavy (non-hydrogen) atoms. The number of phenols is 1. The summed E-state index contributed by atoms with van der Waals surface area (Å²) in [6.45, 7) is 1.33. The van der Waals surface area contributed by atoms with Crippen molar-refractivity contribution in [3.8, 4) is 11.5 Å². The van der Waals surface area contributed by atoms with E-state index in [-0.39, 0.29) is 11.8 Å². The number of β-amino-alcohol motifs (C(OH)–C–C–N with tert-alkyl or cyclic N) is 1. The number of hydrogen-bond donors (Lipinski definition) is 2. The predicted molar refractivity (Wildman–Crippen MR) is 121 cm³/mol. The standard InChI is InChI=1S/C24H24N2O3S/c1-29-22-11-10-16(14-20(22)27)26-15-21(28)24(17-6-2-3-7-18(17)26)25-12-13-30-23-9-5-4-8-19(23)25/h2-11,14,21,24,27-28H,12-13,15H2,1H3. The van der Waals surface area contributed by atoms with Crippen molar-refractivity contribution in [2.24, 2.45) is 0 Å². The molecule has 0 aliphatic carbocycles. The summed E-state index contributed by atoms with van der Waals surface area (Å²) < 4.78 is 5.18. The quantitative estimate of drug-likeness (QED) is 0.648. The Morgan fingerprint density at radius 3 is 2.57 bits per heavy atom. The number of benzene rings is 3. The third kappa shape index (κ3) is 3.16. The van der Waals surface area contributed by atoms with Crippen LogP contribution in [0.4, 0.5) is 17.1 Å². The Kier molecular flexibility index (Phi) is 4.97. The summed E-state index contributed by atoms with van der Waals surface area (Å²) >= 11 is 1.87. The number of methoxy groups -OCH3 is 1. The number of hydrogen-bond acceptors (Lipinski definition) is 6. The Hall–Kier alpha value is -2.83. The Labute approximate surface area is 180 Å². The van der Waals surface area contributed by atoms with E-state index >= 15 is 0 Å². The van der Waals surface area contributed by atoms with Crippen LogP contribution in [-0.4, -0.2) is 42.3 Å². The second-order valence-corrected chi connectivity index (χ2v) is 8.68. The van der Waals surface area contributed by atoms with Gasteiger partial charge in [0.05, 0.1) is 31.5 Å². The van der Waals surface area contributed by atoms with Crippen molar-refractivity contribution in [3.05, 3.63) is 72.3 Å². The first-order valence-electron chi connectivity index (χ1n) is 10.1. The number of para-hydroxylation sites is 2. The second kappa shape index (κ2) is 7.78. The van der Waals surface area contributed by atoms with E-state index in [1.807, 2.05) is 30.0 Å². The summed E-state index contributed by atoms with van der Waals surface area (Å²) in [6, 6.07) is 21.9. The molecule has 0 radical (unpaired) electrons. The number of aromatic hydroxyl groups is 1. The maximum atomic E-state index is 11.3. The molecule has 3 aromatic rings. The summed E-state index contributed by atoms with van der Waals surface area (Å²) in [5, 5.41) is 21.6. The Bertz CT molecular complexity index is 1070. The smallest absolute Gasteiger partial charge is 0.160 e. The van der Waals surface area contributed by atoms with Gasteiger partial charge < -0.3 is 24.7 Å². The van der Waals surface area contributed by atoms with Gasteiger partial charge in [0.15, 0.2) is 11.5 Å². The molecular weight excluding hydrogens is 396 g/mol. The predicted octanol–water partition coefficient (Wildman–Crippen LogP) is 4.57. The molecule has 154 valence electrons. The molecule has 2 aliphatic rings. The molecule has 5 nitrogen and oxygen atoms in total. The van der Waals surface area contributed by atoms with Gasteiger partial charge >= 0.3 is 0 Å². The van der Waals surface area contributed by atoms with E-state index in [1.54, 1.807) is 12.1 Å². The van der Waals surface area contributed by atoms with Crippen LogP contribution in [0.5, 0.6) is 11.5 Å². The number of phenolic OH excluding ortho intramolecular Hbond substituents is 1. The molecule has 0 saturated carbocycles. The first kappa shape index (κ1) is 19.2. The second-order valence-electron chi connectivity index (χ2n) is 7.55. The van der Waals surface area contributed by atoms with Crippen LogP contribution >= 0.6 is 11.8 Å². The molecule has 2 unspecified atom stereocenters. The summed E-state index contributed by atoms with van der Waals surface area (Å²) in [5.41, 5.74) is 4.15. The monoisotopic (exact) mass is 420 g/mol. The van der Waals surface area contributed by atoms with Crippen LogP contribution in [0.2, 0.25) is 0 Å². The molecule has 2 atom stereocenters. The topological polar surface area (TPSA) is 56.2 Å². The van der Waals surface area contributed by atoms with Crippen LogP contribution in [0, 0.1) is 0 Å². The van der Waals surface area contributed by atoms with Crippen LogP contribution in [0.25, 0.3) is 0 Å². The summed E-state index contributed by atoms with van der Waals surface area (Å²) in [4.78, 5) is 5.68. The highest BCUT2D eigenvalue weighted by Gasteiger charge is 2.38. The number of ether oxygens (including phenoxy) is 1. The fraction of sp³-hybridized carbons (Fsp3) is 0.250. The minimum absolute atomic E-state index is 0.0890. The van der Waals surface area contributed by atoms with Gasteiger partial charge in [0, 0.05) is 40.2 Å². The van der Waals surface area contributed by atoms with E-state index in [9.17, 15) is 10.2 Å². The normalized spacial score (nSPS) is 20.5. The summed E-state index contributed by atoms with van der Waals surface area (Å²) in [5.74, 6) is 1.52. The van der Waals surface area contributed by atoms with Gasteiger partial charge in [0.2, 0.25) is 0 Å². The minimum atomic E-state index is -0.583. The van der Waals surface area contributed by atoms with E-state index in [4.69, 9.17) is 4.74 Å². The number of nitrogens with zero attached hydrogens (tertiary/aromatic N) is 2. The molecule has 0 spiro atoms. The molecule has 0 saturated heterocycles. The number of fused-ring (bicyclic) bond motifs is 2. The zero-order valence-electron chi connectivity index (χ0n) is 16.7. The van der Waals surface area contributed by atoms with Gasteiger partial charge in [-0.1, -0.05) is 30.3 Å². The molecule has 3 aromatic carbocycles. The number of aliphatic hydroxyl groups is 1. The summed E-state index contributed by atoms with van der Waals surface area (Å²) in [7, 11) is 1.54. The van der Waals surface area contributed by atoms with Crippen molar-refractivity contribution in [3.63, 3.8) is 0 Å². The van der Waals surface area contributed by atoms with Gasteiger partial charge in [-0.05, 0) is 30.3 Å². The van der Waals surface area contributed by atoms with Crippen molar-refractivity contribution < 1.29 is 14.9 Å². The van der Waals surface area contributed by atoms with Gasteiger partial charge in [-0.3, -0.25) is 0 Å². The molecule has 0 amide bonds. The lowest BCUT2D eigenvalue weighted by atomic mass is 9.91. The van der Waals surface area contributed by atoms with Crippen LogP contribution in [0.3, 0.4) is 0 Å². The lowest BCUT2D eigenvalue weighted by molar-refractivity contribution is 0.143. The van der Waals surface area contributed by atoms with Crippen molar-refractivity contribution in [1.82, 2.24) is 0 Å². The maximum Gasteiger partial charge on any atom is 0.160 e. The van der Waals surface area contributed by atoms with E-state index in [0.29, 0.717) is 12.3 Å². The van der Waals surface area contributed by atoms with Crippen LogP contribution in [-0.2, 0) is 0 Å². The van der Waals surface area contributed by atoms with Crippen molar-refractivity contribution in [2.45, 2.75) is 17.0 Å². The average Bonchev–Trinajstić information content (AvgIpc) is 2.78. The van der Waals surface area contributed by atoms with Crippen molar-refractivity contribution >= 4 is 28.8 Å². The van der Waals surface area contributed by atoms with Crippen molar-refractivity contribution in [2.75, 3.05) is 35.8 Å².